The van der Waals surface area contributed by atoms with Gasteiger partial charge in [-0.15, -0.1) is 0 Å². The lowest BCUT2D eigenvalue weighted by molar-refractivity contribution is 0.101. The van der Waals surface area contributed by atoms with Crippen molar-refractivity contribution < 1.29 is 9.21 Å². The van der Waals surface area contributed by atoms with Gasteiger partial charge in [-0.2, -0.15) is 0 Å². The molecule has 0 atom stereocenters. The summed E-state index contributed by atoms with van der Waals surface area (Å²) in [6.07, 6.45) is 0. The summed E-state index contributed by atoms with van der Waals surface area (Å²) in [6.45, 7) is 0. The molecule has 3 heteroatoms. The van der Waals surface area contributed by atoms with Gasteiger partial charge in [-0.1, -0.05) is 58.4 Å². The van der Waals surface area contributed by atoms with Crippen LogP contribution in [0.3, 0.4) is 0 Å². The zero-order valence-corrected chi connectivity index (χ0v) is 12.1. The molecule has 0 amide bonds. The number of carbonyl (C=O) groups excluding carboxylic acids is 1. The number of hydrogen-bond acceptors (Lipinski definition) is 2. The molecule has 0 saturated carbocycles. The monoisotopic (exact) mass is 326 g/mol. The molecule has 98 valence electrons. The Balaban J connectivity index is 1.91. The second-order valence-corrected chi connectivity index (χ2v) is 5.28. The molecule has 1 heterocycles. The van der Waals surface area contributed by atoms with Crippen molar-refractivity contribution in [3.63, 3.8) is 0 Å². The zero-order valence-electron chi connectivity index (χ0n) is 10.5. The molecule has 3 aromatic rings. The van der Waals surface area contributed by atoms with E-state index in [1.165, 1.54) is 0 Å². The van der Waals surface area contributed by atoms with E-state index in [1.807, 2.05) is 48.5 Å². The second-order valence-electron chi connectivity index (χ2n) is 4.37. The van der Waals surface area contributed by atoms with Crippen LogP contribution in [0.25, 0.3) is 11.3 Å². The van der Waals surface area contributed by atoms with Crippen LogP contribution < -0.4 is 0 Å². The highest BCUT2D eigenvalue weighted by Gasteiger charge is 2.13. The van der Waals surface area contributed by atoms with Gasteiger partial charge in [0.25, 0.3) is 0 Å². The van der Waals surface area contributed by atoms with Crippen LogP contribution in [0.5, 0.6) is 0 Å². The number of furan rings is 1. The van der Waals surface area contributed by atoms with E-state index in [0.29, 0.717) is 17.1 Å². The first kappa shape index (κ1) is 12.9. The average Bonchev–Trinajstić information content (AvgIpc) is 2.98. The van der Waals surface area contributed by atoms with E-state index in [9.17, 15) is 4.79 Å². The molecule has 3 rings (SSSR count). The Morgan fingerprint density at radius 3 is 2.25 bits per heavy atom. The molecule has 0 aliphatic rings. The fourth-order valence-electron chi connectivity index (χ4n) is 1.96. The Bertz CT molecular complexity index is 727. The van der Waals surface area contributed by atoms with Crippen molar-refractivity contribution in [3.05, 3.63) is 82.5 Å². The summed E-state index contributed by atoms with van der Waals surface area (Å²) in [5.41, 5.74) is 1.57. The van der Waals surface area contributed by atoms with Gasteiger partial charge in [0.05, 0.1) is 0 Å². The summed E-state index contributed by atoms with van der Waals surface area (Å²) in [5, 5.41) is 0. The van der Waals surface area contributed by atoms with Crippen molar-refractivity contribution in [2.45, 2.75) is 0 Å². The lowest BCUT2D eigenvalue weighted by Gasteiger charge is -1.98. The highest BCUT2D eigenvalue weighted by atomic mass is 79.9. The Morgan fingerprint density at radius 1 is 0.850 bits per heavy atom. The fourth-order valence-corrected chi connectivity index (χ4v) is 2.23. The van der Waals surface area contributed by atoms with Gasteiger partial charge in [-0.25, -0.2) is 0 Å². The van der Waals surface area contributed by atoms with Crippen LogP contribution in [0.4, 0.5) is 0 Å². The summed E-state index contributed by atoms with van der Waals surface area (Å²) in [6, 6.07) is 20.4. The largest absolute Gasteiger partial charge is 0.453 e. The third-order valence-corrected chi connectivity index (χ3v) is 3.52. The molecular weight excluding hydrogens is 316 g/mol. The second kappa shape index (κ2) is 5.47. The molecule has 0 fully saturated rings. The number of rotatable bonds is 3. The van der Waals surface area contributed by atoms with Crippen LogP contribution in [0, 0.1) is 0 Å². The van der Waals surface area contributed by atoms with E-state index in [-0.39, 0.29) is 5.78 Å². The van der Waals surface area contributed by atoms with Crippen molar-refractivity contribution in [3.8, 4) is 11.3 Å². The van der Waals surface area contributed by atoms with Gasteiger partial charge >= 0.3 is 0 Å². The predicted molar refractivity (Wildman–Crippen MR) is 81.7 cm³/mol. The van der Waals surface area contributed by atoms with Gasteiger partial charge < -0.3 is 4.42 Å². The highest BCUT2D eigenvalue weighted by molar-refractivity contribution is 9.10. The maximum Gasteiger partial charge on any atom is 0.228 e. The molecule has 2 aromatic carbocycles. The molecule has 20 heavy (non-hydrogen) atoms. The normalized spacial score (nSPS) is 10.4. The summed E-state index contributed by atoms with van der Waals surface area (Å²) < 4.78 is 6.67. The summed E-state index contributed by atoms with van der Waals surface area (Å²) in [4.78, 5) is 12.2. The maximum absolute atomic E-state index is 12.2. The first-order chi connectivity index (χ1) is 9.74. The van der Waals surface area contributed by atoms with Gasteiger partial charge in [0.1, 0.15) is 5.76 Å². The van der Waals surface area contributed by atoms with Crippen molar-refractivity contribution in [2.75, 3.05) is 0 Å². The van der Waals surface area contributed by atoms with E-state index in [1.54, 1.807) is 18.2 Å². The van der Waals surface area contributed by atoms with Crippen molar-refractivity contribution in [2.24, 2.45) is 0 Å². The van der Waals surface area contributed by atoms with Crippen molar-refractivity contribution in [1.29, 1.82) is 0 Å². The van der Waals surface area contributed by atoms with Crippen LogP contribution >= 0.6 is 15.9 Å². The molecule has 0 radical (unpaired) electrons. The lowest BCUT2D eigenvalue weighted by Crippen LogP contribution is -1.98. The summed E-state index contributed by atoms with van der Waals surface area (Å²) >= 11 is 3.39. The van der Waals surface area contributed by atoms with Crippen LogP contribution in [0.2, 0.25) is 0 Å². The van der Waals surface area contributed by atoms with Crippen molar-refractivity contribution >= 4 is 21.7 Å². The first-order valence-corrected chi connectivity index (χ1v) is 6.99. The van der Waals surface area contributed by atoms with Crippen LogP contribution in [-0.2, 0) is 0 Å². The summed E-state index contributed by atoms with van der Waals surface area (Å²) in [7, 11) is 0. The zero-order chi connectivity index (χ0) is 13.9. The molecular formula is C17H11BrO2. The lowest BCUT2D eigenvalue weighted by atomic mass is 10.1. The fraction of sp³-hybridized carbons (Fsp3) is 0. The van der Waals surface area contributed by atoms with Gasteiger partial charge in [-0.3, -0.25) is 4.79 Å². The van der Waals surface area contributed by atoms with Gasteiger partial charge in [0, 0.05) is 15.6 Å². The number of ketones is 1. The quantitative estimate of drug-likeness (QED) is 0.638. The third-order valence-electron chi connectivity index (χ3n) is 2.99. The highest BCUT2D eigenvalue weighted by Crippen LogP contribution is 2.25. The Kier molecular flexibility index (Phi) is 3.52. The Morgan fingerprint density at radius 2 is 1.55 bits per heavy atom. The van der Waals surface area contributed by atoms with Crippen molar-refractivity contribution in [1.82, 2.24) is 0 Å². The minimum Gasteiger partial charge on any atom is -0.453 e. The van der Waals surface area contributed by atoms with Crippen LogP contribution in [-0.4, -0.2) is 5.78 Å². The van der Waals surface area contributed by atoms with Gasteiger partial charge in [-0.05, 0) is 24.3 Å². The summed E-state index contributed by atoms with van der Waals surface area (Å²) in [5.74, 6) is 0.944. The maximum atomic E-state index is 12.2. The standard InChI is InChI=1S/C17H11BrO2/c18-14-8-6-12(7-9-14)15-10-11-16(20-15)17(19)13-4-2-1-3-5-13/h1-11H. The van der Waals surface area contributed by atoms with E-state index < -0.39 is 0 Å². The van der Waals surface area contributed by atoms with Gasteiger partial charge in [0.15, 0.2) is 5.76 Å². The minimum atomic E-state index is -0.103. The Labute approximate surface area is 125 Å². The van der Waals surface area contributed by atoms with Crippen LogP contribution in [0.1, 0.15) is 16.1 Å². The molecule has 1 aromatic heterocycles. The molecule has 0 bridgehead atoms. The first-order valence-electron chi connectivity index (χ1n) is 6.19. The molecule has 0 unspecified atom stereocenters. The van der Waals surface area contributed by atoms with Gasteiger partial charge in [0.2, 0.25) is 5.78 Å². The number of carbonyl (C=O) groups is 1. The molecule has 0 N–H and O–H groups in total. The Hall–Kier alpha value is -2.13. The number of halogens is 1. The molecule has 2 nitrogen and oxygen atoms in total. The molecule has 0 spiro atoms. The van der Waals surface area contributed by atoms with E-state index in [2.05, 4.69) is 15.9 Å². The molecule has 0 aliphatic carbocycles. The predicted octanol–water partition coefficient (Wildman–Crippen LogP) is 4.94. The number of benzene rings is 2. The molecule has 0 aliphatic heterocycles. The van der Waals surface area contributed by atoms with E-state index in [4.69, 9.17) is 4.42 Å². The smallest absolute Gasteiger partial charge is 0.228 e. The average molecular weight is 327 g/mol. The topological polar surface area (TPSA) is 30.2 Å². The van der Waals surface area contributed by atoms with E-state index in [0.717, 1.165) is 10.0 Å². The van der Waals surface area contributed by atoms with Crippen LogP contribution in [0.15, 0.2) is 75.6 Å². The van der Waals surface area contributed by atoms with E-state index >= 15 is 0 Å². The minimum absolute atomic E-state index is 0.103. The molecule has 0 saturated heterocycles. The number of hydrogen-bond donors (Lipinski definition) is 0. The SMILES string of the molecule is O=C(c1ccccc1)c1ccc(-c2ccc(Br)cc2)o1. The third kappa shape index (κ3) is 2.58.